The van der Waals surface area contributed by atoms with Gasteiger partial charge in [0.15, 0.2) is 11.5 Å². The molecule has 0 radical (unpaired) electrons. The van der Waals surface area contributed by atoms with E-state index in [1.54, 1.807) is 31.0 Å². The summed E-state index contributed by atoms with van der Waals surface area (Å²) in [5, 5.41) is 7.18. The molecule has 0 fully saturated rings. The van der Waals surface area contributed by atoms with E-state index in [-0.39, 0.29) is 17.6 Å². The Labute approximate surface area is 155 Å². The van der Waals surface area contributed by atoms with Gasteiger partial charge < -0.3 is 5.32 Å². The van der Waals surface area contributed by atoms with Crippen LogP contribution in [0.2, 0.25) is 0 Å². The molecule has 4 aromatic heterocycles. The van der Waals surface area contributed by atoms with E-state index in [4.69, 9.17) is 0 Å². The Bertz CT molecular complexity index is 1130. The number of hydrogen-bond donors (Lipinski definition) is 1. The molecule has 4 heterocycles. The fourth-order valence-corrected chi connectivity index (χ4v) is 2.97. The van der Waals surface area contributed by atoms with Gasteiger partial charge >= 0.3 is 0 Å². The van der Waals surface area contributed by atoms with E-state index in [1.165, 1.54) is 0 Å². The minimum atomic E-state index is -0.333. The van der Waals surface area contributed by atoms with E-state index in [1.807, 2.05) is 48.1 Å². The van der Waals surface area contributed by atoms with Gasteiger partial charge in [-0.2, -0.15) is 5.10 Å². The maximum atomic E-state index is 12.9. The molecule has 0 saturated carbocycles. The molecule has 0 aliphatic heterocycles. The third-order valence-electron chi connectivity index (χ3n) is 4.21. The van der Waals surface area contributed by atoms with Crippen LogP contribution >= 0.6 is 0 Å². The Balaban J connectivity index is 1.80. The number of carbonyl (C=O) groups is 1. The van der Waals surface area contributed by atoms with Crippen molar-refractivity contribution in [3.63, 3.8) is 0 Å². The maximum Gasteiger partial charge on any atom is 0.277 e. The predicted octanol–water partition coefficient (Wildman–Crippen LogP) is 3.13. The average Bonchev–Trinajstić information content (AvgIpc) is 3.26. The zero-order valence-electron chi connectivity index (χ0n) is 15.3. The monoisotopic (exact) mass is 361 g/mol. The van der Waals surface area contributed by atoms with Gasteiger partial charge in [-0.05, 0) is 44.5 Å². The van der Waals surface area contributed by atoms with Gasteiger partial charge in [-0.3, -0.25) is 18.9 Å². The van der Waals surface area contributed by atoms with Crippen molar-refractivity contribution in [3.05, 3.63) is 60.4 Å². The molecular weight excluding hydrogens is 342 g/mol. The summed E-state index contributed by atoms with van der Waals surface area (Å²) in [5.41, 5.74) is 2.75. The molecule has 1 amide bonds. The minimum absolute atomic E-state index is 0.165. The highest BCUT2D eigenvalue weighted by Crippen LogP contribution is 2.24. The van der Waals surface area contributed by atoms with Crippen LogP contribution in [0.1, 0.15) is 35.9 Å². The molecular formula is C19H19N7O. The first-order chi connectivity index (χ1) is 13.0. The van der Waals surface area contributed by atoms with Crippen LogP contribution in [0.4, 0.5) is 5.82 Å². The molecule has 0 bridgehead atoms. The van der Waals surface area contributed by atoms with Crippen molar-refractivity contribution in [2.45, 2.75) is 26.8 Å². The highest BCUT2D eigenvalue weighted by atomic mass is 16.2. The molecule has 8 nitrogen and oxygen atoms in total. The maximum absolute atomic E-state index is 12.9. The first-order valence-corrected chi connectivity index (χ1v) is 8.64. The van der Waals surface area contributed by atoms with Gasteiger partial charge in [0.2, 0.25) is 0 Å². The van der Waals surface area contributed by atoms with E-state index < -0.39 is 0 Å². The van der Waals surface area contributed by atoms with Gasteiger partial charge in [0, 0.05) is 30.8 Å². The van der Waals surface area contributed by atoms with Crippen LogP contribution in [-0.2, 0) is 0 Å². The zero-order valence-corrected chi connectivity index (χ0v) is 15.3. The quantitative estimate of drug-likeness (QED) is 0.603. The minimum Gasteiger partial charge on any atom is -0.305 e. The standard InChI is InChI=1S/C19H19N7O/c1-12(2)26-14(5-7-22-26)18-24-17(15-11-20-8-9-25(15)18)19(27)23-16-10-13(3)4-6-21-16/h4-12H,1-3H3,(H,21,23,27). The second-order valence-corrected chi connectivity index (χ2v) is 6.54. The fraction of sp³-hybridized carbons (Fsp3) is 0.211. The second kappa shape index (κ2) is 6.64. The molecule has 0 unspecified atom stereocenters. The largest absolute Gasteiger partial charge is 0.305 e. The van der Waals surface area contributed by atoms with E-state index in [2.05, 4.69) is 25.4 Å². The van der Waals surface area contributed by atoms with Crippen LogP contribution in [0.15, 0.2) is 49.2 Å². The van der Waals surface area contributed by atoms with Gasteiger partial charge in [0.05, 0.1) is 11.7 Å². The molecule has 4 aromatic rings. The number of amides is 1. The first-order valence-electron chi connectivity index (χ1n) is 8.64. The normalized spacial score (nSPS) is 11.3. The van der Waals surface area contributed by atoms with Crippen molar-refractivity contribution < 1.29 is 4.79 Å². The number of pyridine rings is 1. The first kappa shape index (κ1) is 16.9. The van der Waals surface area contributed by atoms with Crippen LogP contribution in [0.3, 0.4) is 0 Å². The predicted molar refractivity (Wildman–Crippen MR) is 102 cm³/mol. The molecule has 27 heavy (non-hydrogen) atoms. The molecule has 8 heteroatoms. The van der Waals surface area contributed by atoms with Gasteiger partial charge in [0.1, 0.15) is 11.5 Å². The van der Waals surface area contributed by atoms with Crippen LogP contribution in [-0.4, -0.2) is 35.0 Å². The van der Waals surface area contributed by atoms with Gasteiger partial charge in [-0.15, -0.1) is 0 Å². The van der Waals surface area contributed by atoms with Crippen molar-refractivity contribution in [2.75, 3.05) is 5.32 Å². The molecule has 0 saturated heterocycles. The Hall–Kier alpha value is -3.55. The van der Waals surface area contributed by atoms with Crippen molar-refractivity contribution in [3.8, 4) is 11.5 Å². The molecule has 0 atom stereocenters. The highest BCUT2D eigenvalue weighted by molar-refractivity contribution is 6.07. The number of nitrogens with zero attached hydrogens (tertiary/aromatic N) is 6. The molecule has 1 N–H and O–H groups in total. The number of hydrogen-bond acceptors (Lipinski definition) is 5. The SMILES string of the molecule is Cc1ccnc(NC(=O)c2nc(-c3ccnn3C(C)C)n3ccncc23)c1. The van der Waals surface area contributed by atoms with Crippen molar-refractivity contribution >= 4 is 17.2 Å². The number of fused-ring (bicyclic) bond motifs is 1. The summed E-state index contributed by atoms with van der Waals surface area (Å²) in [7, 11) is 0. The lowest BCUT2D eigenvalue weighted by molar-refractivity contribution is 0.102. The van der Waals surface area contributed by atoms with Crippen LogP contribution in [0, 0.1) is 6.92 Å². The molecule has 136 valence electrons. The number of anilines is 1. The Morgan fingerprint density at radius 1 is 1.19 bits per heavy atom. The summed E-state index contributed by atoms with van der Waals surface area (Å²) < 4.78 is 3.72. The Morgan fingerprint density at radius 2 is 2.04 bits per heavy atom. The van der Waals surface area contributed by atoms with E-state index in [0.717, 1.165) is 11.3 Å². The molecule has 4 rings (SSSR count). The van der Waals surface area contributed by atoms with E-state index >= 15 is 0 Å². The number of rotatable bonds is 4. The lowest BCUT2D eigenvalue weighted by atomic mass is 10.3. The van der Waals surface area contributed by atoms with Crippen molar-refractivity contribution in [1.29, 1.82) is 0 Å². The molecule has 0 aliphatic rings. The third-order valence-corrected chi connectivity index (χ3v) is 4.21. The van der Waals surface area contributed by atoms with Crippen molar-refractivity contribution in [1.82, 2.24) is 29.1 Å². The number of carbonyl (C=O) groups excluding carboxylic acids is 1. The van der Waals surface area contributed by atoms with Crippen LogP contribution in [0.25, 0.3) is 17.0 Å². The molecule has 0 aliphatic carbocycles. The lowest BCUT2D eigenvalue weighted by Crippen LogP contribution is -2.14. The number of aryl methyl sites for hydroxylation is 1. The molecule has 0 spiro atoms. The highest BCUT2D eigenvalue weighted by Gasteiger charge is 2.21. The van der Waals surface area contributed by atoms with Gasteiger partial charge in [-0.25, -0.2) is 9.97 Å². The van der Waals surface area contributed by atoms with Gasteiger partial charge in [-0.1, -0.05) is 0 Å². The number of nitrogens with one attached hydrogen (secondary N) is 1. The molecule has 0 aromatic carbocycles. The van der Waals surface area contributed by atoms with Gasteiger partial charge in [0.25, 0.3) is 5.91 Å². The summed E-state index contributed by atoms with van der Waals surface area (Å²) in [6, 6.07) is 5.73. The number of imidazole rings is 1. The van der Waals surface area contributed by atoms with E-state index in [9.17, 15) is 4.79 Å². The topological polar surface area (TPSA) is 90.0 Å². The average molecular weight is 361 g/mol. The zero-order chi connectivity index (χ0) is 19.0. The summed E-state index contributed by atoms with van der Waals surface area (Å²) in [4.78, 5) is 25.8. The number of aromatic nitrogens is 6. The third kappa shape index (κ3) is 3.05. The van der Waals surface area contributed by atoms with E-state index in [0.29, 0.717) is 17.2 Å². The lowest BCUT2D eigenvalue weighted by Gasteiger charge is -2.09. The summed E-state index contributed by atoms with van der Waals surface area (Å²) in [6.07, 6.45) is 8.47. The van der Waals surface area contributed by atoms with Crippen LogP contribution < -0.4 is 5.32 Å². The fourth-order valence-electron chi connectivity index (χ4n) is 2.97. The Kier molecular flexibility index (Phi) is 4.15. The van der Waals surface area contributed by atoms with Crippen LogP contribution in [0.5, 0.6) is 0 Å². The summed E-state index contributed by atoms with van der Waals surface area (Å²) in [5.74, 6) is 0.792. The van der Waals surface area contributed by atoms with Crippen molar-refractivity contribution in [2.24, 2.45) is 0 Å². The smallest absolute Gasteiger partial charge is 0.277 e. The summed E-state index contributed by atoms with van der Waals surface area (Å²) in [6.45, 7) is 6.04. The second-order valence-electron chi connectivity index (χ2n) is 6.54. The Morgan fingerprint density at radius 3 is 2.81 bits per heavy atom. The summed E-state index contributed by atoms with van der Waals surface area (Å²) >= 11 is 0.